The van der Waals surface area contributed by atoms with Crippen molar-refractivity contribution < 1.29 is 13.9 Å². The third-order valence-electron chi connectivity index (χ3n) is 8.11. The Balaban J connectivity index is 1.31. The first kappa shape index (κ1) is 27.5. The molecule has 1 spiro atoms. The third-order valence-corrected chi connectivity index (χ3v) is 8.11. The van der Waals surface area contributed by atoms with Gasteiger partial charge in [-0.25, -0.2) is 14.4 Å². The molecular formula is C30H36FN7O2. The van der Waals surface area contributed by atoms with Crippen molar-refractivity contribution in [2.45, 2.75) is 39.3 Å². The molecule has 2 aliphatic heterocycles. The van der Waals surface area contributed by atoms with Crippen LogP contribution in [0, 0.1) is 16.6 Å². The minimum Gasteiger partial charge on any atom is -0.451 e. The molecule has 2 aliphatic rings. The van der Waals surface area contributed by atoms with E-state index in [9.17, 15) is 9.18 Å². The van der Waals surface area contributed by atoms with Gasteiger partial charge in [-0.2, -0.15) is 0 Å². The summed E-state index contributed by atoms with van der Waals surface area (Å²) in [6.45, 7) is 8.24. The highest BCUT2D eigenvalue weighted by atomic mass is 19.1. The van der Waals surface area contributed by atoms with Crippen molar-refractivity contribution in [2.24, 2.45) is 5.41 Å². The van der Waals surface area contributed by atoms with Crippen molar-refractivity contribution in [3.8, 4) is 11.5 Å². The molecule has 1 amide bonds. The summed E-state index contributed by atoms with van der Waals surface area (Å²) < 4.78 is 20.4. The molecule has 2 fully saturated rings. The molecule has 0 saturated carbocycles. The number of hydrogen-bond donors (Lipinski definition) is 2. The minimum atomic E-state index is -0.502. The number of hydrogen-bond acceptors (Lipinski definition) is 8. The number of nitrogens with one attached hydrogen (secondary N) is 1. The van der Waals surface area contributed by atoms with Crippen molar-refractivity contribution in [3.63, 3.8) is 0 Å². The maximum Gasteiger partial charge on any atom is 0.257 e. The molecule has 10 heteroatoms. The van der Waals surface area contributed by atoms with E-state index >= 15 is 0 Å². The Morgan fingerprint density at radius 2 is 2.00 bits per heavy atom. The van der Waals surface area contributed by atoms with E-state index in [1.54, 1.807) is 18.1 Å². The molecule has 1 unspecified atom stereocenters. The predicted octanol–water partition coefficient (Wildman–Crippen LogP) is 4.57. The van der Waals surface area contributed by atoms with Crippen LogP contribution < -0.4 is 15.4 Å². The summed E-state index contributed by atoms with van der Waals surface area (Å²) in [5.74, 6) is 0.551. The number of nitrogens with two attached hydrogens (primary N) is 1. The molecule has 1 aromatic heterocycles. The molecule has 1 atom stereocenters. The van der Waals surface area contributed by atoms with Crippen LogP contribution in [0.1, 0.15) is 48.2 Å². The van der Waals surface area contributed by atoms with Gasteiger partial charge in [-0.3, -0.25) is 9.69 Å². The van der Waals surface area contributed by atoms with Crippen LogP contribution in [0.5, 0.6) is 11.5 Å². The van der Waals surface area contributed by atoms with E-state index in [1.807, 2.05) is 32.0 Å². The second-order valence-electron chi connectivity index (χ2n) is 11.2. The summed E-state index contributed by atoms with van der Waals surface area (Å²) in [5, 5.41) is 7.46. The van der Waals surface area contributed by atoms with Crippen LogP contribution in [0.3, 0.4) is 0 Å². The van der Waals surface area contributed by atoms with Crippen LogP contribution >= 0.6 is 0 Å². The first-order valence-corrected chi connectivity index (χ1v) is 13.6. The zero-order valence-electron chi connectivity index (χ0n) is 23.2. The maximum atomic E-state index is 14.1. The Bertz CT molecular complexity index is 1410. The molecule has 0 aliphatic carbocycles. The molecule has 3 heterocycles. The van der Waals surface area contributed by atoms with Gasteiger partial charge in [0.2, 0.25) is 0 Å². The molecule has 40 heavy (non-hydrogen) atoms. The highest BCUT2D eigenvalue weighted by Crippen LogP contribution is 2.43. The van der Waals surface area contributed by atoms with Crippen LogP contribution in [-0.4, -0.2) is 71.2 Å². The van der Waals surface area contributed by atoms with E-state index in [0.717, 1.165) is 56.7 Å². The largest absolute Gasteiger partial charge is 0.451 e. The van der Waals surface area contributed by atoms with Crippen LogP contribution in [0.4, 0.5) is 15.9 Å². The second-order valence-corrected chi connectivity index (χ2v) is 11.2. The smallest absolute Gasteiger partial charge is 0.257 e. The number of anilines is 2. The molecule has 3 N–H and O–H groups in total. The lowest BCUT2D eigenvalue weighted by Gasteiger charge is -2.26. The van der Waals surface area contributed by atoms with Gasteiger partial charge in [-0.1, -0.05) is 12.1 Å². The van der Waals surface area contributed by atoms with E-state index in [4.69, 9.17) is 15.9 Å². The van der Waals surface area contributed by atoms with Gasteiger partial charge in [-0.05, 0) is 63.1 Å². The first-order chi connectivity index (χ1) is 19.2. The average Bonchev–Trinajstić information content (AvgIpc) is 3.54. The number of carbonyl (C=O) groups excluding carboxylic acids is 1. The molecule has 210 valence electrons. The standard InChI is InChI=1S/C30H36FN7O2/c1-20(2)36(3)29(39)24-13-23(31)6-7-26(24)40-27-15-34-19-35-28(27)38-11-9-30(18-38)8-10-37(17-30)16-21-4-5-22(14-32)25(33)12-21/h4-7,12-15,19-20,32H,8-11,16-18,33H2,1-3H3. The van der Waals surface area contributed by atoms with Gasteiger partial charge >= 0.3 is 0 Å². The fourth-order valence-electron chi connectivity index (χ4n) is 5.65. The summed E-state index contributed by atoms with van der Waals surface area (Å²) in [6.07, 6.45) is 6.49. The number of nitrogen functional groups attached to an aromatic ring is 1. The van der Waals surface area contributed by atoms with Crippen molar-refractivity contribution in [1.29, 1.82) is 5.41 Å². The van der Waals surface area contributed by atoms with Crippen molar-refractivity contribution in [2.75, 3.05) is 43.9 Å². The van der Waals surface area contributed by atoms with Crippen molar-refractivity contribution >= 4 is 23.6 Å². The van der Waals surface area contributed by atoms with Crippen LogP contribution in [0.2, 0.25) is 0 Å². The molecule has 3 aromatic rings. The molecule has 2 saturated heterocycles. The highest BCUT2D eigenvalue weighted by molar-refractivity contribution is 5.97. The third kappa shape index (κ3) is 5.62. The Morgan fingerprint density at radius 1 is 1.20 bits per heavy atom. The van der Waals surface area contributed by atoms with E-state index in [-0.39, 0.29) is 28.7 Å². The number of aromatic nitrogens is 2. The normalized spacial score (nSPS) is 19.0. The van der Waals surface area contributed by atoms with Crippen LogP contribution in [-0.2, 0) is 6.54 Å². The Hall–Kier alpha value is -4.05. The van der Waals surface area contributed by atoms with E-state index in [2.05, 4.69) is 19.8 Å². The second kappa shape index (κ2) is 11.2. The molecule has 9 nitrogen and oxygen atoms in total. The average molecular weight is 546 g/mol. The van der Waals surface area contributed by atoms with Gasteiger partial charge in [0.1, 0.15) is 17.9 Å². The lowest BCUT2D eigenvalue weighted by Crippen LogP contribution is -2.33. The number of likely N-dealkylation sites (tertiary alicyclic amines) is 1. The SMILES string of the molecule is CC(C)N(C)C(=O)c1cc(F)ccc1Oc1cncnc1N1CCC2(CCN(Cc3ccc(C=N)c(N)c3)C2)C1. The van der Waals surface area contributed by atoms with E-state index in [0.29, 0.717) is 17.3 Å². The predicted molar refractivity (Wildman–Crippen MR) is 154 cm³/mol. The lowest BCUT2D eigenvalue weighted by atomic mass is 9.86. The van der Waals surface area contributed by atoms with Gasteiger partial charge in [0.15, 0.2) is 11.6 Å². The molecule has 5 rings (SSSR count). The highest BCUT2D eigenvalue weighted by Gasteiger charge is 2.44. The monoisotopic (exact) mass is 545 g/mol. The first-order valence-electron chi connectivity index (χ1n) is 13.6. The fourth-order valence-corrected chi connectivity index (χ4v) is 5.65. The Kier molecular flexibility index (Phi) is 7.71. The summed E-state index contributed by atoms with van der Waals surface area (Å²) in [5.41, 5.74) is 8.91. The number of nitrogens with zero attached hydrogens (tertiary/aromatic N) is 5. The summed E-state index contributed by atoms with van der Waals surface area (Å²) in [6, 6.07) is 9.84. The fraction of sp³-hybridized carbons (Fsp3) is 0.400. The summed E-state index contributed by atoms with van der Waals surface area (Å²) in [7, 11) is 1.69. The Morgan fingerprint density at radius 3 is 2.75 bits per heavy atom. The number of ether oxygens (including phenoxy) is 1. The summed E-state index contributed by atoms with van der Waals surface area (Å²) in [4.78, 5) is 28.1. The Labute approximate surface area is 234 Å². The topological polar surface area (TPSA) is 112 Å². The van der Waals surface area contributed by atoms with Crippen LogP contribution in [0.25, 0.3) is 0 Å². The zero-order valence-corrected chi connectivity index (χ0v) is 23.2. The lowest BCUT2D eigenvalue weighted by molar-refractivity contribution is 0.0751. The number of rotatable bonds is 8. The zero-order chi connectivity index (χ0) is 28.4. The van der Waals surface area contributed by atoms with Gasteiger partial charge in [0.25, 0.3) is 5.91 Å². The maximum absolute atomic E-state index is 14.1. The molecule has 2 aromatic carbocycles. The van der Waals surface area contributed by atoms with Crippen molar-refractivity contribution in [3.05, 3.63) is 71.4 Å². The number of carbonyl (C=O) groups is 1. The van der Waals surface area contributed by atoms with E-state index < -0.39 is 5.82 Å². The van der Waals surface area contributed by atoms with Gasteiger partial charge < -0.3 is 25.7 Å². The van der Waals surface area contributed by atoms with Gasteiger partial charge in [-0.15, -0.1) is 0 Å². The number of halogens is 1. The number of benzene rings is 2. The number of amides is 1. The summed E-state index contributed by atoms with van der Waals surface area (Å²) >= 11 is 0. The molecule has 0 radical (unpaired) electrons. The van der Waals surface area contributed by atoms with Gasteiger partial charge in [0, 0.05) is 62.1 Å². The van der Waals surface area contributed by atoms with Crippen LogP contribution in [0.15, 0.2) is 48.9 Å². The van der Waals surface area contributed by atoms with Crippen molar-refractivity contribution in [1.82, 2.24) is 19.8 Å². The van der Waals surface area contributed by atoms with E-state index in [1.165, 1.54) is 30.7 Å². The minimum absolute atomic E-state index is 0.0514. The molecule has 0 bridgehead atoms. The van der Waals surface area contributed by atoms with Gasteiger partial charge in [0.05, 0.1) is 11.8 Å². The molecular weight excluding hydrogens is 509 g/mol. The quantitative estimate of drug-likeness (QED) is 0.315.